The van der Waals surface area contributed by atoms with Crippen LogP contribution in [0.1, 0.15) is 5.56 Å². The standard InChI is InChI=1S/C17H14ClFN4/c18-14-8-13(6-7-15(14)19)23-17-9-16(21-11-22-17)20-10-12-4-2-1-3-5-12/h1-9,11H,10H2,(H2,20,21,22,23). The van der Waals surface area contributed by atoms with Crippen LogP contribution in [-0.4, -0.2) is 9.97 Å². The summed E-state index contributed by atoms with van der Waals surface area (Å²) < 4.78 is 13.2. The summed E-state index contributed by atoms with van der Waals surface area (Å²) in [6.45, 7) is 0.666. The van der Waals surface area contributed by atoms with E-state index in [9.17, 15) is 4.39 Å². The van der Waals surface area contributed by atoms with Crippen LogP contribution in [0.15, 0.2) is 60.9 Å². The zero-order valence-electron chi connectivity index (χ0n) is 12.1. The lowest BCUT2D eigenvalue weighted by Gasteiger charge is -2.09. The van der Waals surface area contributed by atoms with Gasteiger partial charge in [0.1, 0.15) is 23.8 Å². The topological polar surface area (TPSA) is 49.8 Å². The normalized spacial score (nSPS) is 10.3. The fraction of sp³-hybridized carbons (Fsp3) is 0.0588. The largest absolute Gasteiger partial charge is 0.366 e. The molecule has 2 N–H and O–H groups in total. The first-order chi connectivity index (χ1) is 11.2. The van der Waals surface area contributed by atoms with Crippen LogP contribution in [0, 0.1) is 5.82 Å². The molecule has 2 aromatic carbocycles. The first kappa shape index (κ1) is 15.2. The van der Waals surface area contributed by atoms with Gasteiger partial charge in [0.2, 0.25) is 0 Å². The molecule has 0 saturated carbocycles. The molecule has 0 atom stereocenters. The van der Waals surface area contributed by atoms with Crippen LogP contribution < -0.4 is 10.6 Å². The zero-order valence-corrected chi connectivity index (χ0v) is 12.9. The number of rotatable bonds is 5. The van der Waals surface area contributed by atoms with Crippen LogP contribution >= 0.6 is 11.6 Å². The maximum Gasteiger partial charge on any atom is 0.141 e. The molecule has 0 radical (unpaired) electrons. The van der Waals surface area contributed by atoms with E-state index in [0.29, 0.717) is 23.9 Å². The van der Waals surface area contributed by atoms with Gasteiger partial charge in [-0.25, -0.2) is 14.4 Å². The van der Waals surface area contributed by atoms with Crippen LogP contribution in [-0.2, 0) is 6.54 Å². The molecule has 0 aliphatic carbocycles. The van der Waals surface area contributed by atoms with Gasteiger partial charge in [-0.15, -0.1) is 0 Å². The summed E-state index contributed by atoms with van der Waals surface area (Å²) in [6, 6.07) is 16.2. The molecule has 0 aliphatic rings. The molecule has 0 spiro atoms. The number of aromatic nitrogens is 2. The number of benzene rings is 2. The van der Waals surface area contributed by atoms with Gasteiger partial charge in [-0.2, -0.15) is 0 Å². The van der Waals surface area contributed by atoms with E-state index in [0.717, 1.165) is 5.56 Å². The highest BCUT2D eigenvalue weighted by molar-refractivity contribution is 6.31. The molecule has 23 heavy (non-hydrogen) atoms. The minimum Gasteiger partial charge on any atom is -0.366 e. The van der Waals surface area contributed by atoms with E-state index in [4.69, 9.17) is 11.6 Å². The maximum absolute atomic E-state index is 13.2. The number of nitrogens with zero attached hydrogens (tertiary/aromatic N) is 2. The lowest BCUT2D eigenvalue weighted by molar-refractivity contribution is 0.628. The van der Waals surface area contributed by atoms with Crippen molar-refractivity contribution in [2.75, 3.05) is 10.6 Å². The average Bonchev–Trinajstić information content (AvgIpc) is 2.58. The van der Waals surface area contributed by atoms with Crippen LogP contribution in [0.5, 0.6) is 0 Å². The molecule has 0 amide bonds. The van der Waals surface area contributed by atoms with E-state index >= 15 is 0 Å². The fourth-order valence-electron chi connectivity index (χ4n) is 2.03. The van der Waals surface area contributed by atoms with Crippen molar-refractivity contribution in [1.29, 1.82) is 0 Å². The molecule has 1 heterocycles. The van der Waals surface area contributed by atoms with E-state index in [1.165, 1.54) is 18.5 Å². The van der Waals surface area contributed by atoms with E-state index in [-0.39, 0.29) is 5.02 Å². The molecule has 0 bridgehead atoms. The molecule has 0 aliphatic heterocycles. The minimum absolute atomic E-state index is 0.0616. The van der Waals surface area contributed by atoms with Crippen LogP contribution in [0.3, 0.4) is 0 Å². The summed E-state index contributed by atoms with van der Waals surface area (Å²) in [4.78, 5) is 8.32. The zero-order chi connectivity index (χ0) is 16.1. The summed E-state index contributed by atoms with van der Waals surface area (Å²) in [5.74, 6) is 0.836. The summed E-state index contributed by atoms with van der Waals surface area (Å²) in [5, 5.41) is 6.36. The van der Waals surface area contributed by atoms with Gasteiger partial charge in [-0.1, -0.05) is 41.9 Å². The molecule has 4 nitrogen and oxygen atoms in total. The number of nitrogens with one attached hydrogen (secondary N) is 2. The Hall–Kier alpha value is -2.66. The number of hydrogen-bond acceptors (Lipinski definition) is 4. The monoisotopic (exact) mass is 328 g/mol. The highest BCUT2D eigenvalue weighted by Gasteiger charge is 2.03. The van der Waals surface area contributed by atoms with Crippen molar-refractivity contribution in [2.45, 2.75) is 6.54 Å². The van der Waals surface area contributed by atoms with Crippen molar-refractivity contribution >= 4 is 28.9 Å². The van der Waals surface area contributed by atoms with Gasteiger partial charge in [0.05, 0.1) is 5.02 Å². The highest BCUT2D eigenvalue weighted by Crippen LogP contribution is 2.22. The number of anilines is 3. The minimum atomic E-state index is -0.454. The summed E-state index contributed by atoms with van der Waals surface area (Å²) in [5.41, 5.74) is 1.81. The van der Waals surface area contributed by atoms with Crippen molar-refractivity contribution in [3.8, 4) is 0 Å². The Morgan fingerprint density at radius 3 is 2.52 bits per heavy atom. The molecular weight excluding hydrogens is 315 g/mol. The van der Waals surface area contributed by atoms with E-state index in [2.05, 4.69) is 20.6 Å². The van der Waals surface area contributed by atoms with Crippen molar-refractivity contribution in [3.63, 3.8) is 0 Å². The predicted octanol–water partition coefficient (Wildman–Crippen LogP) is 4.62. The Morgan fingerprint density at radius 1 is 0.957 bits per heavy atom. The van der Waals surface area contributed by atoms with Crippen molar-refractivity contribution in [1.82, 2.24) is 9.97 Å². The second-order valence-corrected chi connectivity index (χ2v) is 5.29. The lowest BCUT2D eigenvalue weighted by atomic mass is 10.2. The Labute approximate surface area is 138 Å². The molecule has 0 unspecified atom stereocenters. The second-order valence-electron chi connectivity index (χ2n) is 4.88. The summed E-state index contributed by atoms with van der Waals surface area (Å²) in [6.07, 6.45) is 1.46. The molecule has 1 aromatic heterocycles. The Balaban J connectivity index is 1.68. The van der Waals surface area contributed by atoms with Crippen LogP contribution in [0.2, 0.25) is 5.02 Å². The van der Waals surface area contributed by atoms with Crippen molar-refractivity contribution < 1.29 is 4.39 Å². The molecule has 0 fully saturated rings. The quantitative estimate of drug-likeness (QED) is 0.717. The molecule has 3 aromatic rings. The van der Waals surface area contributed by atoms with Gasteiger partial charge >= 0.3 is 0 Å². The molecule has 116 valence electrons. The Kier molecular flexibility index (Phi) is 4.68. The van der Waals surface area contributed by atoms with Crippen LogP contribution in [0.4, 0.5) is 21.7 Å². The maximum atomic E-state index is 13.2. The number of hydrogen-bond donors (Lipinski definition) is 2. The fourth-order valence-corrected chi connectivity index (χ4v) is 2.21. The Bertz CT molecular complexity index is 796. The van der Waals surface area contributed by atoms with Gasteiger partial charge < -0.3 is 10.6 Å². The van der Waals surface area contributed by atoms with E-state index in [1.807, 2.05) is 30.3 Å². The third-order valence-corrected chi connectivity index (χ3v) is 3.47. The molecular formula is C17H14ClFN4. The summed E-state index contributed by atoms with van der Waals surface area (Å²) >= 11 is 5.77. The van der Waals surface area contributed by atoms with Crippen molar-refractivity contribution in [3.05, 3.63) is 77.3 Å². The van der Waals surface area contributed by atoms with Gasteiger partial charge in [0.15, 0.2) is 0 Å². The molecule has 3 rings (SSSR count). The smallest absolute Gasteiger partial charge is 0.141 e. The van der Waals surface area contributed by atoms with Gasteiger partial charge in [-0.3, -0.25) is 0 Å². The average molecular weight is 329 g/mol. The van der Waals surface area contributed by atoms with Crippen molar-refractivity contribution in [2.24, 2.45) is 0 Å². The first-order valence-electron chi connectivity index (χ1n) is 7.02. The van der Waals surface area contributed by atoms with E-state index < -0.39 is 5.82 Å². The lowest BCUT2D eigenvalue weighted by Crippen LogP contribution is -2.03. The van der Waals surface area contributed by atoms with Crippen LogP contribution in [0.25, 0.3) is 0 Å². The van der Waals surface area contributed by atoms with E-state index in [1.54, 1.807) is 12.1 Å². The third kappa shape index (κ3) is 4.17. The highest BCUT2D eigenvalue weighted by atomic mass is 35.5. The second kappa shape index (κ2) is 7.07. The van der Waals surface area contributed by atoms with Gasteiger partial charge in [0.25, 0.3) is 0 Å². The first-order valence-corrected chi connectivity index (χ1v) is 7.40. The van der Waals surface area contributed by atoms with Gasteiger partial charge in [0, 0.05) is 18.3 Å². The molecule has 6 heteroatoms. The molecule has 0 saturated heterocycles. The predicted molar refractivity (Wildman–Crippen MR) is 90.5 cm³/mol. The Morgan fingerprint density at radius 2 is 1.74 bits per heavy atom. The number of halogens is 2. The SMILES string of the molecule is Fc1ccc(Nc2cc(NCc3ccccc3)ncn2)cc1Cl. The summed E-state index contributed by atoms with van der Waals surface area (Å²) in [7, 11) is 0. The third-order valence-electron chi connectivity index (χ3n) is 3.18. The van der Waals surface area contributed by atoms with Gasteiger partial charge in [-0.05, 0) is 23.8 Å².